The Bertz CT molecular complexity index is 982. The Morgan fingerprint density at radius 3 is 1.36 bits per heavy atom. The molecule has 0 aliphatic heterocycles. The maximum absolute atomic E-state index is 13.3. The van der Waals surface area contributed by atoms with Crippen LogP contribution in [-0.4, -0.2) is 9.97 Å². The molecule has 0 bridgehead atoms. The van der Waals surface area contributed by atoms with E-state index in [1.807, 2.05) is 13.8 Å². The van der Waals surface area contributed by atoms with Crippen molar-refractivity contribution in [2.45, 2.75) is 13.8 Å². The van der Waals surface area contributed by atoms with E-state index >= 15 is 0 Å². The molecule has 0 N–H and O–H groups in total. The summed E-state index contributed by atoms with van der Waals surface area (Å²) < 4.78 is 26.6. The zero-order chi connectivity index (χ0) is 17.6. The lowest BCUT2D eigenvalue weighted by Crippen LogP contribution is -1.95. The predicted molar refractivity (Wildman–Crippen MR) is 97.7 cm³/mol. The van der Waals surface area contributed by atoms with Gasteiger partial charge in [0.25, 0.3) is 0 Å². The smallest absolute Gasteiger partial charge is 0.123 e. The molecule has 4 aromatic rings. The highest BCUT2D eigenvalue weighted by Crippen LogP contribution is 2.35. The number of hydrogen-bond acceptors (Lipinski definition) is 3. The Balaban J connectivity index is 2.03. The number of fused-ring (bicyclic) bond motifs is 1. The van der Waals surface area contributed by atoms with Crippen molar-refractivity contribution in [3.63, 3.8) is 0 Å². The first-order valence-electron chi connectivity index (χ1n) is 7.82. The molecular weight excluding hydrogens is 338 g/mol. The highest BCUT2D eigenvalue weighted by atomic mass is 32.1. The molecule has 2 nitrogen and oxygen atoms in total. The van der Waals surface area contributed by atoms with E-state index in [1.165, 1.54) is 24.3 Å². The van der Waals surface area contributed by atoms with Gasteiger partial charge >= 0.3 is 0 Å². The van der Waals surface area contributed by atoms with Gasteiger partial charge in [-0.15, -0.1) is 11.3 Å². The van der Waals surface area contributed by atoms with Gasteiger partial charge in [0, 0.05) is 20.9 Å². The molecule has 2 aromatic carbocycles. The van der Waals surface area contributed by atoms with Gasteiger partial charge in [-0.3, -0.25) is 0 Å². The monoisotopic (exact) mass is 352 g/mol. The third-order valence-corrected chi connectivity index (χ3v) is 5.10. The van der Waals surface area contributed by atoms with Crippen LogP contribution in [0.3, 0.4) is 0 Å². The van der Waals surface area contributed by atoms with Crippen LogP contribution in [0.25, 0.3) is 33.5 Å². The predicted octanol–water partition coefficient (Wildman–Crippen LogP) is 5.92. The second kappa shape index (κ2) is 6.01. The van der Waals surface area contributed by atoms with Gasteiger partial charge < -0.3 is 0 Å². The standard InChI is InChI=1S/C20H14F2N2S/c1-11-17-18(12(2)25-11)24-20(14-5-9-16(22)10-6-14)19(23-17)13-3-7-15(21)8-4-13/h3-10H,1-2H3. The molecule has 0 saturated carbocycles. The van der Waals surface area contributed by atoms with Crippen molar-refractivity contribution in [1.82, 2.24) is 9.97 Å². The van der Waals surface area contributed by atoms with Crippen LogP contribution in [0, 0.1) is 25.5 Å². The second-order valence-electron chi connectivity index (χ2n) is 5.85. The summed E-state index contributed by atoms with van der Waals surface area (Å²) in [6, 6.07) is 12.4. The zero-order valence-electron chi connectivity index (χ0n) is 13.7. The fourth-order valence-corrected chi connectivity index (χ4v) is 3.81. The average molecular weight is 352 g/mol. The summed E-state index contributed by atoms with van der Waals surface area (Å²) in [5.74, 6) is -0.604. The summed E-state index contributed by atoms with van der Waals surface area (Å²) in [4.78, 5) is 11.8. The van der Waals surface area contributed by atoms with Gasteiger partial charge in [-0.2, -0.15) is 0 Å². The van der Waals surface area contributed by atoms with Gasteiger partial charge in [0.1, 0.15) is 22.7 Å². The minimum atomic E-state index is -0.302. The molecule has 0 radical (unpaired) electrons. The number of aromatic nitrogens is 2. The number of hydrogen-bond donors (Lipinski definition) is 0. The SMILES string of the molecule is Cc1sc(C)c2nc(-c3ccc(F)cc3)c(-c3ccc(F)cc3)nc12. The number of thiophene rings is 1. The van der Waals surface area contributed by atoms with Crippen molar-refractivity contribution in [3.8, 4) is 22.5 Å². The summed E-state index contributed by atoms with van der Waals surface area (Å²) in [5, 5.41) is 0. The van der Waals surface area contributed by atoms with Crippen LogP contribution < -0.4 is 0 Å². The van der Waals surface area contributed by atoms with Gasteiger partial charge in [0.15, 0.2) is 0 Å². The fraction of sp³-hybridized carbons (Fsp3) is 0.100. The van der Waals surface area contributed by atoms with E-state index in [0.29, 0.717) is 11.4 Å². The van der Waals surface area contributed by atoms with E-state index < -0.39 is 0 Å². The zero-order valence-corrected chi connectivity index (χ0v) is 14.5. The number of aryl methyl sites for hydroxylation is 2. The maximum Gasteiger partial charge on any atom is 0.123 e. The number of nitrogens with zero attached hydrogens (tertiary/aromatic N) is 2. The quantitative estimate of drug-likeness (QED) is 0.447. The van der Waals surface area contributed by atoms with Crippen LogP contribution in [0.4, 0.5) is 8.78 Å². The Morgan fingerprint density at radius 1 is 0.640 bits per heavy atom. The molecule has 0 spiro atoms. The molecule has 2 heterocycles. The largest absolute Gasteiger partial charge is 0.243 e. The summed E-state index contributed by atoms with van der Waals surface area (Å²) in [6.07, 6.45) is 0. The average Bonchev–Trinajstić information content (AvgIpc) is 2.89. The summed E-state index contributed by atoms with van der Waals surface area (Å²) in [6.45, 7) is 4.03. The van der Waals surface area contributed by atoms with Crippen LogP contribution in [0.15, 0.2) is 48.5 Å². The van der Waals surface area contributed by atoms with Crippen molar-refractivity contribution in [2.24, 2.45) is 0 Å². The molecule has 4 rings (SSSR count). The minimum Gasteiger partial charge on any atom is -0.243 e. The van der Waals surface area contributed by atoms with Crippen LogP contribution in [0.5, 0.6) is 0 Å². The fourth-order valence-electron chi connectivity index (χ4n) is 2.87. The molecule has 25 heavy (non-hydrogen) atoms. The Kier molecular flexibility index (Phi) is 3.81. The summed E-state index contributed by atoms with van der Waals surface area (Å²) in [7, 11) is 0. The molecular formula is C20H14F2N2S. The van der Waals surface area contributed by atoms with E-state index in [2.05, 4.69) is 0 Å². The third kappa shape index (κ3) is 2.81. The van der Waals surface area contributed by atoms with Crippen molar-refractivity contribution in [3.05, 3.63) is 69.9 Å². The third-order valence-electron chi connectivity index (χ3n) is 4.10. The van der Waals surface area contributed by atoms with E-state index in [1.54, 1.807) is 35.6 Å². The molecule has 0 fully saturated rings. The van der Waals surface area contributed by atoms with Crippen LogP contribution in [-0.2, 0) is 0 Å². The van der Waals surface area contributed by atoms with E-state index in [4.69, 9.17) is 9.97 Å². The number of benzene rings is 2. The topological polar surface area (TPSA) is 25.8 Å². The lowest BCUT2D eigenvalue weighted by atomic mass is 10.0. The molecule has 5 heteroatoms. The number of halogens is 2. The molecule has 0 saturated heterocycles. The molecule has 0 atom stereocenters. The molecule has 0 unspecified atom stereocenters. The van der Waals surface area contributed by atoms with Crippen LogP contribution in [0.2, 0.25) is 0 Å². The summed E-state index contributed by atoms with van der Waals surface area (Å²) >= 11 is 1.65. The molecule has 2 aromatic heterocycles. The van der Waals surface area contributed by atoms with E-state index in [0.717, 1.165) is 31.9 Å². The first-order chi connectivity index (χ1) is 12.0. The van der Waals surface area contributed by atoms with Crippen molar-refractivity contribution in [2.75, 3.05) is 0 Å². The molecule has 0 amide bonds. The molecule has 124 valence electrons. The Labute approximate surface area is 147 Å². The minimum absolute atomic E-state index is 0.302. The van der Waals surface area contributed by atoms with Crippen LogP contribution in [0.1, 0.15) is 9.75 Å². The first kappa shape index (κ1) is 15.8. The highest BCUT2D eigenvalue weighted by Gasteiger charge is 2.17. The first-order valence-corrected chi connectivity index (χ1v) is 8.64. The van der Waals surface area contributed by atoms with Gasteiger partial charge in [-0.1, -0.05) is 0 Å². The van der Waals surface area contributed by atoms with Gasteiger partial charge in [-0.25, -0.2) is 18.7 Å². The van der Waals surface area contributed by atoms with Gasteiger partial charge in [-0.05, 0) is 62.4 Å². The van der Waals surface area contributed by atoms with Gasteiger partial charge in [0.2, 0.25) is 0 Å². The summed E-state index contributed by atoms with van der Waals surface area (Å²) in [5.41, 5.74) is 4.59. The lowest BCUT2D eigenvalue weighted by Gasteiger charge is -2.10. The number of rotatable bonds is 2. The second-order valence-corrected chi connectivity index (χ2v) is 7.28. The van der Waals surface area contributed by atoms with Crippen molar-refractivity contribution >= 4 is 22.4 Å². The van der Waals surface area contributed by atoms with Gasteiger partial charge in [0.05, 0.1) is 11.4 Å². The lowest BCUT2D eigenvalue weighted by molar-refractivity contribution is 0.627. The van der Waals surface area contributed by atoms with Crippen molar-refractivity contribution < 1.29 is 8.78 Å². The maximum atomic E-state index is 13.3. The molecule has 0 aliphatic carbocycles. The Hall–Kier alpha value is -2.66. The van der Waals surface area contributed by atoms with E-state index in [9.17, 15) is 8.78 Å². The Morgan fingerprint density at radius 2 is 1.00 bits per heavy atom. The van der Waals surface area contributed by atoms with Crippen LogP contribution >= 0.6 is 11.3 Å². The van der Waals surface area contributed by atoms with Crippen molar-refractivity contribution in [1.29, 1.82) is 0 Å². The molecule has 0 aliphatic rings. The van der Waals surface area contributed by atoms with E-state index in [-0.39, 0.29) is 11.6 Å². The highest BCUT2D eigenvalue weighted by molar-refractivity contribution is 7.13. The normalized spacial score (nSPS) is 11.2.